The molecule has 0 unspecified atom stereocenters. The Kier molecular flexibility index (Phi) is 4.89. The summed E-state index contributed by atoms with van der Waals surface area (Å²) >= 11 is 6.13. The van der Waals surface area contributed by atoms with Crippen molar-refractivity contribution in [3.05, 3.63) is 47.0 Å². The second kappa shape index (κ2) is 7.37. The minimum Gasteiger partial charge on any atom is -0.481 e. The Bertz CT molecular complexity index is 1230. The van der Waals surface area contributed by atoms with E-state index in [9.17, 15) is 13.2 Å². The first-order valence-corrected chi connectivity index (χ1v) is 10.3. The molecule has 0 saturated carbocycles. The van der Waals surface area contributed by atoms with E-state index < -0.39 is 16.1 Å². The van der Waals surface area contributed by atoms with Crippen molar-refractivity contribution in [3.63, 3.8) is 0 Å². The normalized spacial score (nSPS) is 12.9. The minimum atomic E-state index is -4.28. The predicted octanol–water partition coefficient (Wildman–Crippen LogP) is 2.74. The van der Waals surface area contributed by atoms with Gasteiger partial charge in [-0.1, -0.05) is 41.9 Å². The molecule has 2 N–H and O–H groups in total. The number of aromatic nitrogens is 2. The molecule has 2 aromatic carbocycles. The van der Waals surface area contributed by atoms with Gasteiger partial charge < -0.3 is 9.47 Å². The Morgan fingerprint density at radius 3 is 2.79 bits per heavy atom. The maximum Gasteiger partial charge on any atom is 0.335 e. The van der Waals surface area contributed by atoms with Gasteiger partial charge in [0.05, 0.1) is 24.3 Å². The highest BCUT2D eigenvalue weighted by atomic mass is 35.5. The fraction of sp³-hybridized carbons (Fsp3) is 0.167. The highest BCUT2D eigenvalue weighted by Gasteiger charge is 2.26. The molecule has 11 heteroatoms. The van der Waals surface area contributed by atoms with Crippen molar-refractivity contribution < 1.29 is 22.7 Å². The topological polar surface area (TPSA) is 120 Å². The molecule has 0 bridgehead atoms. The summed E-state index contributed by atoms with van der Waals surface area (Å²) in [6.45, 7) is 0.421. The Morgan fingerprint density at radius 2 is 2.00 bits per heavy atom. The summed E-state index contributed by atoms with van der Waals surface area (Å²) in [7, 11) is -2.85. The van der Waals surface area contributed by atoms with E-state index in [-0.39, 0.29) is 27.6 Å². The van der Waals surface area contributed by atoms with Crippen molar-refractivity contribution >= 4 is 44.4 Å². The van der Waals surface area contributed by atoms with Gasteiger partial charge in [0.25, 0.3) is 10.0 Å². The molecule has 0 fully saturated rings. The maximum absolute atomic E-state index is 12.8. The number of urea groups is 1. The van der Waals surface area contributed by atoms with Gasteiger partial charge >= 0.3 is 6.03 Å². The number of rotatable bonds is 4. The number of hydrogen-bond donors (Lipinski definition) is 2. The summed E-state index contributed by atoms with van der Waals surface area (Å²) < 4.78 is 38.1. The number of halogens is 1. The first-order valence-electron chi connectivity index (χ1n) is 8.48. The summed E-state index contributed by atoms with van der Waals surface area (Å²) in [5.41, 5.74) is 0.689. The lowest BCUT2D eigenvalue weighted by atomic mass is 10.1. The molecule has 150 valence electrons. The summed E-state index contributed by atoms with van der Waals surface area (Å²) in [5, 5.41) is 3.34. The van der Waals surface area contributed by atoms with Gasteiger partial charge in [-0.15, -0.1) is 0 Å². The highest BCUT2D eigenvalue weighted by molar-refractivity contribution is 7.90. The van der Waals surface area contributed by atoms with Crippen molar-refractivity contribution in [2.75, 3.05) is 19.0 Å². The van der Waals surface area contributed by atoms with Crippen LogP contribution in [0.2, 0.25) is 5.02 Å². The van der Waals surface area contributed by atoms with Crippen LogP contribution < -0.4 is 19.5 Å². The molecule has 0 saturated heterocycles. The predicted molar refractivity (Wildman–Crippen MR) is 106 cm³/mol. The average Bonchev–Trinajstić information content (AvgIpc) is 3.15. The molecular formula is C18H15ClN4O5S. The Labute approximate surface area is 171 Å². The van der Waals surface area contributed by atoms with E-state index in [1.807, 2.05) is 4.72 Å². The van der Waals surface area contributed by atoms with Crippen LogP contribution >= 0.6 is 11.6 Å². The van der Waals surface area contributed by atoms with E-state index in [1.165, 1.54) is 13.2 Å². The van der Waals surface area contributed by atoms with Crippen LogP contribution in [0, 0.1) is 0 Å². The summed E-state index contributed by atoms with van der Waals surface area (Å²) in [4.78, 5) is 20.3. The molecule has 3 aromatic rings. The monoisotopic (exact) mass is 434 g/mol. The van der Waals surface area contributed by atoms with Crippen LogP contribution in [0.25, 0.3) is 10.8 Å². The number of nitrogens with zero attached hydrogens (tertiary/aromatic N) is 2. The molecule has 0 spiro atoms. The molecule has 2 amide bonds. The van der Waals surface area contributed by atoms with Crippen LogP contribution in [0.5, 0.6) is 11.8 Å². The van der Waals surface area contributed by atoms with Gasteiger partial charge in [0.1, 0.15) is 4.90 Å². The van der Waals surface area contributed by atoms with Crippen LogP contribution in [-0.2, 0) is 16.4 Å². The Hall–Kier alpha value is -3.11. The molecule has 1 aromatic heterocycles. The fourth-order valence-corrected chi connectivity index (χ4v) is 4.71. The van der Waals surface area contributed by atoms with Gasteiger partial charge in [-0.3, -0.25) is 5.32 Å². The number of carbonyl (C=O) groups excluding carboxylic acids is 1. The number of ether oxygens (including phenoxy) is 2. The lowest BCUT2D eigenvalue weighted by Crippen LogP contribution is -2.35. The lowest BCUT2D eigenvalue weighted by molar-refractivity contribution is 0.256. The number of fused-ring (bicyclic) bond motifs is 2. The number of anilines is 1. The second-order valence-corrected chi connectivity index (χ2v) is 8.12. The molecule has 4 rings (SSSR count). The quantitative estimate of drug-likeness (QED) is 0.647. The molecule has 29 heavy (non-hydrogen) atoms. The third-order valence-corrected chi connectivity index (χ3v) is 6.13. The maximum atomic E-state index is 12.8. The van der Waals surface area contributed by atoms with Crippen molar-refractivity contribution in [2.45, 2.75) is 11.3 Å². The third-order valence-electron chi connectivity index (χ3n) is 4.27. The van der Waals surface area contributed by atoms with Gasteiger partial charge in [0, 0.05) is 11.8 Å². The van der Waals surface area contributed by atoms with Gasteiger partial charge in [0.2, 0.25) is 17.7 Å². The first-order chi connectivity index (χ1) is 13.9. The molecule has 0 atom stereocenters. The van der Waals surface area contributed by atoms with E-state index in [1.54, 1.807) is 30.3 Å². The van der Waals surface area contributed by atoms with Gasteiger partial charge in [-0.2, -0.15) is 9.97 Å². The third kappa shape index (κ3) is 3.64. The van der Waals surface area contributed by atoms with Gasteiger partial charge in [-0.05, 0) is 11.5 Å². The zero-order valence-electron chi connectivity index (χ0n) is 15.1. The number of sulfonamides is 1. The number of nitrogens with one attached hydrogen (secondary N) is 2. The van der Waals surface area contributed by atoms with Crippen LogP contribution in [-0.4, -0.2) is 38.1 Å². The lowest BCUT2D eigenvalue weighted by Gasteiger charge is -2.12. The highest BCUT2D eigenvalue weighted by Crippen LogP contribution is 2.32. The summed E-state index contributed by atoms with van der Waals surface area (Å²) in [6.07, 6.45) is 0.582. The molecule has 9 nitrogen and oxygen atoms in total. The molecule has 0 aliphatic carbocycles. The van der Waals surface area contributed by atoms with Crippen LogP contribution in [0.1, 0.15) is 5.56 Å². The number of hydrogen-bond acceptors (Lipinski definition) is 7. The van der Waals surface area contributed by atoms with Crippen LogP contribution in [0.15, 0.2) is 41.3 Å². The molecule has 2 heterocycles. The van der Waals surface area contributed by atoms with E-state index in [0.29, 0.717) is 29.4 Å². The Balaban J connectivity index is 1.62. The standard InChI is InChI=1S/C18H15ClN4O5S/c1-27-15-12-8-9-28-16(12)21-17(20-15)22-18(24)23-29(25,26)14-11-5-3-2-4-10(11)6-7-13(14)19/h2-7H,8-9H2,1H3,(H2,20,21,22,23,24). The number of carbonyl (C=O) groups is 1. The summed E-state index contributed by atoms with van der Waals surface area (Å²) in [5.74, 6) is 0.383. The SMILES string of the molecule is COc1nc(NC(=O)NS(=O)(=O)c2c(Cl)ccc3ccccc23)nc2c1CCO2. The van der Waals surface area contributed by atoms with Crippen molar-refractivity contribution in [1.29, 1.82) is 0 Å². The second-order valence-electron chi connectivity index (χ2n) is 6.10. The zero-order chi connectivity index (χ0) is 20.6. The van der Waals surface area contributed by atoms with E-state index in [4.69, 9.17) is 21.1 Å². The Morgan fingerprint density at radius 1 is 1.21 bits per heavy atom. The van der Waals surface area contributed by atoms with E-state index >= 15 is 0 Å². The van der Waals surface area contributed by atoms with Crippen molar-refractivity contribution in [2.24, 2.45) is 0 Å². The first kappa shape index (κ1) is 19.2. The number of amides is 2. The van der Waals surface area contributed by atoms with E-state index in [2.05, 4.69) is 15.3 Å². The van der Waals surface area contributed by atoms with Gasteiger partial charge in [-0.25, -0.2) is 17.9 Å². The zero-order valence-corrected chi connectivity index (χ0v) is 16.7. The van der Waals surface area contributed by atoms with E-state index in [0.717, 1.165) is 0 Å². The van der Waals surface area contributed by atoms with Crippen molar-refractivity contribution in [1.82, 2.24) is 14.7 Å². The smallest absolute Gasteiger partial charge is 0.335 e. The summed E-state index contributed by atoms with van der Waals surface area (Å²) in [6, 6.07) is 8.92. The molecule has 1 aliphatic heterocycles. The molecule has 0 radical (unpaired) electrons. The average molecular weight is 435 g/mol. The number of benzene rings is 2. The number of methoxy groups -OCH3 is 1. The van der Waals surface area contributed by atoms with Gasteiger partial charge in [0.15, 0.2) is 0 Å². The molecule has 1 aliphatic rings. The van der Waals surface area contributed by atoms with Crippen LogP contribution in [0.3, 0.4) is 0 Å². The molecular weight excluding hydrogens is 420 g/mol. The fourth-order valence-electron chi connectivity index (χ4n) is 3.04. The van der Waals surface area contributed by atoms with Crippen LogP contribution in [0.4, 0.5) is 10.7 Å². The largest absolute Gasteiger partial charge is 0.481 e. The minimum absolute atomic E-state index is 0.00662. The van der Waals surface area contributed by atoms with Crippen molar-refractivity contribution in [3.8, 4) is 11.8 Å².